The molecule has 0 unspecified atom stereocenters. The molecule has 4 atom stereocenters. The molecule has 4 amide bonds. The van der Waals surface area contributed by atoms with E-state index in [-0.39, 0.29) is 37.7 Å². The van der Waals surface area contributed by atoms with Crippen molar-refractivity contribution < 1.29 is 34.1 Å². The second-order valence-corrected chi connectivity index (χ2v) is 13.7. The highest BCUT2D eigenvalue weighted by molar-refractivity contribution is 6.67. The van der Waals surface area contributed by atoms with Crippen LogP contribution in [0.2, 0.25) is 0 Å². The fourth-order valence-electron chi connectivity index (χ4n) is 6.42. The van der Waals surface area contributed by atoms with Gasteiger partial charge in [0.25, 0.3) is 5.91 Å². The Hall–Kier alpha value is -3.82. The van der Waals surface area contributed by atoms with Crippen LogP contribution in [0.15, 0.2) is 59.9 Å². The van der Waals surface area contributed by atoms with Gasteiger partial charge >= 0.3 is 6.09 Å². The number of imide groups is 1. The van der Waals surface area contributed by atoms with E-state index in [0.29, 0.717) is 10.9 Å². The van der Waals surface area contributed by atoms with Crippen molar-refractivity contribution in [3.63, 3.8) is 0 Å². The van der Waals surface area contributed by atoms with E-state index in [1.807, 2.05) is 18.2 Å². The van der Waals surface area contributed by atoms with Crippen LogP contribution in [0.1, 0.15) is 23.2 Å². The van der Waals surface area contributed by atoms with Crippen LogP contribution in [0, 0.1) is 0 Å². The monoisotopic (exact) mass is 679 g/mol. The number of nitrogens with zero attached hydrogens (tertiary/aromatic N) is 3. The van der Waals surface area contributed by atoms with Crippen LogP contribution in [0.4, 0.5) is 4.79 Å². The van der Waals surface area contributed by atoms with Crippen molar-refractivity contribution >= 4 is 75.3 Å². The molecule has 1 spiro atoms. The molecule has 2 aromatic carbocycles. The number of guanidine groups is 1. The van der Waals surface area contributed by atoms with Gasteiger partial charge in [0, 0.05) is 24.9 Å². The number of alkyl halides is 3. The van der Waals surface area contributed by atoms with Gasteiger partial charge in [-0.05, 0) is 16.8 Å². The lowest BCUT2D eigenvalue weighted by Gasteiger charge is -2.52. The molecule has 6 N–H and O–H groups in total. The van der Waals surface area contributed by atoms with E-state index < -0.39 is 63.8 Å². The van der Waals surface area contributed by atoms with Crippen LogP contribution >= 0.6 is 34.8 Å². The summed E-state index contributed by atoms with van der Waals surface area (Å²) in [5.41, 5.74) is -1.62. The molecule has 4 fully saturated rings. The van der Waals surface area contributed by atoms with Gasteiger partial charge in [-0.2, -0.15) is 0 Å². The molecule has 17 heteroatoms. The van der Waals surface area contributed by atoms with E-state index in [0.717, 1.165) is 10.3 Å². The summed E-state index contributed by atoms with van der Waals surface area (Å²) >= 11 is 17.1. The lowest BCUT2D eigenvalue weighted by atomic mass is 9.84. The normalized spacial score (nSPS) is 28.0. The molecule has 45 heavy (non-hydrogen) atoms. The number of halogens is 3. The van der Waals surface area contributed by atoms with Crippen molar-refractivity contribution in [2.24, 2.45) is 4.99 Å². The average Bonchev–Trinajstić information content (AvgIpc) is 3.58. The van der Waals surface area contributed by atoms with Crippen LogP contribution in [0.5, 0.6) is 0 Å². The summed E-state index contributed by atoms with van der Waals surface area (Å²) in [4.78, 5) is 57.8. The maximum Gasteiger partial charge on any atom is 0.436 e. The van der Waals surface area contributed by atoms with Gasteiger partial charge in [-0.1, -0.05) is 77.8 Å². The fraction of sp³-hybridized carbons (Fsp3) is 0.393. The Balaban J connectivity index is 1.38. The lowest BCUT2D eigenvalue weighted by molar-refractivity contribution is -0.232. The van der Waals surface area contributed by atoms with Crippen molar-refractivity contribution in [3.8, 4) is 0 Å². The van der Waals surface area contributed by atoms with Crippen LogP contribution in [-0.4, -0.2) is 103 Å². The first kappa shape index (κ1) is 31.2. The fourth-order valence-corrected chi connectivity index (χ4v) is 6.58. The number of amides is 4. The van der Waals surface area contributed by atoms with Gasteiger partial charge in [-0.15, -0.1) is 4.99 Å². The number of nitrogens with one attached hydrogen (secondary N) is 4. The van der Waals surface area contributed by atoms with Crippen molar-refractivity contribution in [2.45, 2.75) is 46.2 Å². The zero-order valence-electron chi connectivity index (χ0n) is 23.4. The van der Waals surface area contributed by atoms with Crippen LogP contribution in [0.3, 0.4) is 0 Å². The van der Waals surface area contributed by atoms with Gasteiger partial charge in [-0.3, -0.25) is 19.3 Å². The maximum absolute atomic E-state index is 13.6. The topological polar surface area (TPSA) is 185 Å². The molecule has 14 nitrogen and oxygen atoms in total. The Bertz CT molecular complexity index is 1630. The van der Waals surface area contributed by atoms with E-state index in [4.69, 9.17) is 39.5 Å². The number of fused-ring (bicyclic) bond motifs is 1. The molecular formula is C28H28Cl3N7O7. The largest absolute Gasteiger partial charge is 0.443 e. The standard InChI is InChI=1S/C28H28Cl3N7O7/c1-14-32-22-18(11-37-20(39)9-10-21(37)40)33-24(35-25(42)45-13-26(29,30)31)38-12-19(28(43,44)27(22,38)36-14)34-23(41)17-8-4-6-15-5-2-3-7-16(15)17/h2-8,18-19,22,32,36,43-44H,1,9-13H2,(H,34,41)(H,33,35,42)/t18-,19-,22-,27-/m0/s1. The van der Waals surface area contributed by atoms with Crippen molar-refractivity contribution in [3.05, 3.63) is 60.4 Å². The van der Waals surface area contributed by atoms with E-state index in [9.17, 15) is 29.4 Å². The van der Waals surface area contributed by atoms with Crippen LogP contribution < -0.4 is 21.3 Å². The molecule has 2 aromatic rings. The number of hydrogen-bond acceptors (Lipinski definition) is 9. The zero-order chi connectivity index (χ0) is 32.3. The third-order valence-corrected chi connectivity index (χ3v) is 8.69. The smallest absolute Gasteiger partial charge is 0.436 e. The number of benzene rings is 2. The van der Waals surface area contributed by atoms with Gasteiger partial charge in [0.2, 0.25) is 27.4 Å². The third-order valence-electron chi connectivity index (χ3n) is 8.36. The molecule has 0 aliphatic carbocycles. The molecule has 0 radical (unpaired) electrons. The Labute approximate surface area is 271 Å². The van der Waals surface area contributed by atoms with E-state index in [2.05, 4.69) is 32.8 Å². The number of aliphatic hydroxyl groups is 2. The van der Waals surface area contributed by atoms with Crippen molar-refractivity contribution in [1.29, 1.82) is 0 Å². The number of aliphatic imine (C=N–C) groups is 1. The predicted molar refractivity (Wildman–Crippen MR) is 163 cm³/mol. The van der Waals surface area contributed by atoms with Gasteiger partial charge < -0.3 is 41.1 Å². The number of ether oxygens (including phenoxy) is 1. The summed E-state index contributed by atoms with van der Waals surface area (Å²) in [6, 6.07) is 9.12. The van der Waals surface area contributed by atoms with E-state index in [1.54, 1.807) is 24.3 Å². The Kier molecular flexibility index (Phi) is 7.77. The zero-order valence-corrected chi connectivity index (χ0v) is 25.7. The molecule has 4 heterocycles. The second kappa shape index (κ2) is 11.2. The second-order valence-electron chi connectivity index (χ2n) is 11.1. The van der Waals surface area contributed by atoms with Crippen molar-refractivity contribution in [1.82, 2.24) is 31.1 Å². The van der Waals surface area contributed by atoms with Gasteiger partial charge in [0.15, 0.2) is 5.66 Å². The predicted octanol–water partition coefficient (Wildman–Crippen LogP) is 0.647. The SMILES string of the molecule is C=C1N[C@H]2[C@H](CN3C(=O)CCC3=O)N/C(=N\C(=O)OCC(Cl)(Cl)Cl)N3C[C@H](NC(=O)c4cccc5ccccc45)C(O)(O)[C@]23N1. The highest BCUT2D eigenvalue weighted by atomic mass is 35.6. The summed E-state index contributed by atoms with van der Waals surface area (Å²) in [7, 11) is 0. The van der Waals surface area contributed by atoms with Crippen LogP contribution in [0.25, 0.3) is 10.8 Å². The first-order valence-corrected chi connectivity index (χ1v) is 15.0. The number of rotatable bonds is 5. The van der Waals surface area contributed by atoms with Gasteiger partial charge in [0.05, 0.1) is 24.4 Å². The van der Waals surface area contributed by atoms with Crippen LogP contribution in [-0.2, 0) is 14.3 Å². The summed E-state index contributed by atoms with van der Waals surface area (Å²) in [6.07, 6.45) is -1.12. The van der Waals surface area contributed by atoms with E-state index >= 15 is 0 Å². The summed E-state index contributed by atoms with van der Waals surface area (Å²) < 4.78 is 3.05. The minimum atomic E-state index is -2.76. The van der Waals surface area contributed by atoms with Gasteiger partial charge in [0.1, 0.15) is 12.6 Å². The maximum atomic E-state index is 13.6. The summed E-state index contributed by atoms with van der Waals surface area (Å²) in [5.74, 6) is -4.21. The Morgan fingerprint density at radius 1 is 1.09 bits per heavy atom. The molecule has 4 aliphatic heterocycles. The highest BCUT2D eigenvalue weighted by Gasteiger charge is 2.74. The number of hydrogen-bond donors (Lipinski definition) is 6. The molecule has 4 aliphatic rings. The molecule has 0 saturated carbocycles. The summed E-state index contributed by atoms with van der Waals surface area (Å²) in [6.45, 7) is 2.77. The quantitative estimate of drug-likeness (QED) is 0.148. The van der Waals surface area contributed by atoms with Crippen molar-refractivity contribution in [2.75, 3.05) is 19.7 Å². The first-order chi connectivity index (χ1) is 21.2. The molecular weight excluding hydrogens is 653 g/mol. The third kappa shape index (κ3) is 5.40. The highest BCUT2D eigenvalue weighted by Crippen LogP contribution is 2.44. The average molecular weight is 681 g/mol. The summed E-state index contributed by atoms with van der Waals surface area (Å²) in [5, 5.41) is 37.1. The van der Waals surface area contributed by atoms with E-state index in [1.165, 1.54) is 4.90 Å². The first-order valence-electron chi connectivity index (χ1n) is 13.9. The minimum Gasteiger partial charge on any atom is -0.443 e. The Morgan fingerprint density at radius 2 is 1.78 bits per heavy atom. The molecule has 4 saturated heterocycles. The number of carbonyl (C=O) groups is 4. The number of likely N-dealkylation sites (tertiary alicyclic amines) is 1. The number of carbonyl (C=O) groups excluding carboxylic acids is 4. The molecule has 6 rings (SSSR count). The Morgan fingerprint density at radius 3 is 2.49 bits per heavy atom. The molecule has 0 aromatic heterocycles. The minimum absolute atomic E-state index is 0.0301. The lowest BCUT2D eigenvalue weighted by Crippen LogP contribution is -2.81. The molecule has 238 valence electrons. The van der Waals surface area contributed by atoms with Gasteiger partial charge in [-0.25, -0.2) is 4.79 Å². The molecule has 0 bridgehead atoms.